The van der Waals surface area contributed by atoms with E-state index in [1.54, 1.807) is 0 Å². The molecule has 1 fully saturated rings. The van der Waals surface area contributed by atoms with Crippen molar-refractivity contribution in [2.45, 2.75) is 25.8 Å². The first kappa shape index (κ1) is 8.84. The van der Waals surface area contributed by atoms with Gasteiger partial charge >= 0.3 is 0 Å². The van der Waals surface area contributed by atoms with Gasteiger partial charge in [-0.3, -0.25) is 0 Å². The monoisotopic (exact) mass is 200 g/mol. The van der Waals surface area contributed by atoms with E-state index < -0.39 is 0 Å². The van der Waals surface area contributed by atoms with Crippen LogP contribution in [-0.2, 0) is 6.54 Å². The Bertz CT molecular complexity index is 480. The van der Waals surface area contributed by atoms with Gasteiger partial charge in [0.05, 0.1) is 5.52 Å². The summed E-state index contributed by atoms with van der Waals surface area (Å²) in [7, 11) is 0. The van der Waals surface area contributed by atoms with Crippen LogP contribution in [0.25, 0.3) is 10.9 Å². The fourth-order valence-corrected chi connectivity index (χ4v) is 2.31. The van der Waals surface area contributed by atoms with Gasteiger partial charge in [0.25, 0.3) is 0 Å². The second kappa shape index (κ2) is 3.30. The Morgan fingerprint density at radius 2 is 2.13 bits per heavy atom. The van der Waals surface area contributed by atoms with E-state index in [9.17, 15) is 0 Å². The Kier molecular flexibility index (Phi) is 1.94. The minimum absolute atomic E-state index is 0.857. The molecular formula is C13H16N2. The van der Waals surface area contributed by atoms with Crippen molar-refractivity contribution in [2.24, 2.45) is 5.92 Å². The van der Waals surface area contributed by atoms with Gasteiger partial charge in [-0.25, -0.2) is 0 Å². The van der Waals surface area contributed by atoms with E-state index in [1.165, 1.54) is 30.2 Å². The zero-order valence-corrected chi connectivity index (χ0v) is 8.82. The highest BCUT2D eigenvalue weighted by atomic mass is 15.0. The molecule has 15 heavy (non-hydrogen) atoms. The number of anilines is 1. The molecule has 0 radical (unpaired) electrons. The van der Waals surface area contributed by atoms with Crippen LogP contribution in [0.15, 0.2) is 30.5 Å². The molecular weight excluding hydrogens is 184 g/mol. The lowest BCUT2D eigenvalue weighted by Gasteiger charge is -2.26. The number of nitrogens with zero attached hydrogens (tertiary/aromatic N) is 1. The van der Waals surface area contributed by atoms with Crippen molar-refractivity contribution in [3.8, 4) is 0 Å². The highest BCUT2D eigenvalue weighted by Gasteiger charge is 2.18. The van der Waals surface area contributed by atoms with Gasteiger partial charge in [0.15, 0.2) is 0 Å². The van der Waals surface area contributed by atoms with E-state index >= 15 is 0 Å². The van der Waals surface area contributed by atoms with E-state index in [0.29, 0.717) is 0 Å². The van der Waals surface area contributed by atoms with Crippen molar-refractivity contribution in [1.29, 1.82) is 0 Å². The Hall–Kier alpha value is -1.44. The van der Waals surface area contributed by atoms with Gasteiger partial charge in [-0.05, 0) is 42.3 Å². The van der Waals surface area contributed by atoms with Gasteiger partial charge in [0.1, 0.15) is 0 Å². The van der Waals surface area contributed by atoms with Gasteiger partial charge in [0, 0.05) is 18.4 Å². The van der Waals surface area contributed by atoms with Crippen LogP contribution in [0.1, 0.15) is 19.3 Å². The smallest absolute Gasteiger partial charge is 0.0500 e. The Morgan fingerprint density at radius 1 is 1.27 bits per heavy atom. The number of rotatable bonds is 2. The fourth-order valence-electron chi connectivity index (χ4n) is 2.31. The molecule has 0 amide bonds. The summed E-state index contributed by atoms with van der Waals surface area (Å²) in [5.41, 5.74) is 7.95. The maximum Gasteiger partial charge on any atom is 0.0500 e. The van der Waals surface area contributed by atoms with Crippen molar-refractivity contribution in [3.63, 3.8) is 0 Å². The summed E-state index contributed by atoms with van der Waals surface area (Å²) in [5, 5.41) is 1.29. The normalized spacial score (nSPS) is 16.8. The molecule has 1 aliphatic rings. The predicted molar refractivity (Wildman–Crippen MR) is 63.7 cm³/mol. The van der Waals surface area contributed by atoms with Crippen LogP contribution in [0.3, 0.4) is 0 Å². The molecule has 2 heteroatoms. The topological polar surface area (TPSA) is 30.9 Å². The van der Waals surface area contributed by atoms with Gasteiger partial charge in [-0.2, -0.15) is 0 Å². The lowest BCUT2D eigenvalue weighted by molar-refractivity contribution is 0.280. The Morgan fingerprint density at radius 3 is 2.87 bits per heavy atom. The van der Waals surface area contributed by atoms with Crippen molar-refractivity contribution in [2.75, 3.05) is 5.73 Å². The molecule has 1 aromatic heterocycles. The summed E-state index contributed by atoms with van der Waals surface area (Å²) in [6.45, 7) is 1.16. The van der Waals surface area contributed by atoms with Gasteiger partial charge in [-0.15, -0.1) is 0 Å². The maximum atomic E-state index is 5.82. The zero-order chi connectivity index (χ0) is 10.3. The number of nitrogens with two attached hydrogens (primary N) is 1. The van der Waals surface area contributed by atoms with Crippen LogP contribution in [0.5, 0.6) is 0 Å². The maximum absolute atomic E-state index is 5.82. The molecule has 0 saturated heterocycles. The first-order valence-electron chi connectivity index (χ1n) is 5.67. The van der Waals surface area contributed by atoms with Crippen LogP contribution >= 0.6 is 0 Å². The fraction of sp³-hybridized carbons (Fsp3) is 0.385. The molecule has 2 aromatic rings. The zero-order valence-electron chi connectivity index (χ0n) is 8.82. The summed E-state index contributed by atoms with van der Waals surface area (Å²) >= 11 is 0. The molecule has 0 unspecified atom stereocenters. The highest BCUT2D eigenvalue weighted by molar-refractivity contribution is 5.83. The largest absolute Gasteiger partial charge is 0.399 e. The van der Waals surface area contributed by atoms with Crippen molar-refractivity contribution < 1.29 is 0 Å². The number of hydrogen-bond donors (Lipinski definition) is 1. The summed E-state index contributed by atoms with van der Waals surface area (Å²) in [6, 6.07) is 8.32. The molecule has 0 atom stereocenters. The van der Waals surface area contributed by atoms with Crippen LogP contribution < -0.4 is 5.73 Å². The summed E-state index contributed by atoms with van der Waals surface area (Å²) in [5.74, 6) is 0.891. The van der Waals surface area contributed by atoms with Gasteiger partial charge in [0.2, 0.25) is 0 Å². The summed E-state index contributed by atoms with van der Waals surface area (Å²) in [4.78, 5) is 0. The number of hydrogen-bond acceptors (Lipinski definition) is 1. The van der Waals surface area contributed by atoms with Crippen molar-refractivity contribution in [1.82, 2.24) is 4.57 Å². The predicted octanol–water partition coefficient (Wildman–Crippen LogP) is 3.02. The van der Waals surface area contributed by atoms with E-state index in [1.807, 2.05) is 6.07 Å². The minimum atomic E-state index is 0.857. The standard InChI is InChI=1S/C13H16N2/c14-12-5-4-11-6-7-15(13(11)8-12)9-10-2-1-3-10/h4-8,10H,1-3,9,14H2. The second-order valence-electron chi connectivity index (χ2n) is 4.58. The lowest BCUT2D eigenvalue weighted by Crippen LogP contribution is -2.17. The lowest BCUT2D eigenvalue weighted by atomic mass is 9.85. The van der Waals surface area contributed by atoms with E-state index in [4.69, 9.17) is 5.73 Å². The second-order valence-corrected chi connectivity index (χ2v) is 4.58. The molecule has 1 aromatic carbocycles. The number of nitrogen functional groups attached to an aromatic ring is 1. The molecule has 1 aliphatic carbocycles. The molecule has 2 N–H and O–H groups in total. The Balaban J connectivity index is 1.98. The van der Waals surface area contributed by atoms with E-state index in [0.717, 1.165) is 18.2 Å². The Labute approximate surface area is 89.7 Å². The third-order valence-corrected chi connectivity index (χ3v) is 3.48. The van der Waals surface area contributed by atoms with Crippen LogP contribution in [0.2, 0.25) is 0 Å². The van der Waals surface area contributed by atoms with Gasteiger partial charge in [-0.1, -0.05) is 12.5 Å². The van der Waals surface area contributed by atoms with Crippen molar-refractivity contribution >= 4 is 16.6 Å². The van der Waals surface area contributed by atoms with E-state index in [2.05, 4.69) is 29.0 Å². The highest BCUT2D eigenvalue weighted by Crippen LogP contribution is 2.29. The average molecular weight is 200 g/mol. The number of fused-ring (bicyclic) bond motifs is 1. The summed E-state index contributed by atoms with van der Waals surface area (Å²) < 4.78 is 2.34. The minimum Gasteiger partial charge on any atom is -0.399 e. The number of aromatic nitrogens is 1. The first-order valence-corrected chi connectivity index (χ1v) is 5.67. The SMILES string of the molecule is Nc1ccc2ccn(CC3CCC3)c2c1. The van der Waals surface area contributed by atoms with Crippen molar-refractivity contribution in [3.05, 3.63) is 30.5 Å². The third kappa shape index (κ3) is 1.50. The quantitative estimate of drug-likeness (QED) is 0.742. The summed E-state index contributed by atoms with van der Waals surface area (Å²) in [6.07, 6.45) is 6.37. The molecule has 0 spiro atoms. The van der Waals surface area contributed by atoms with E-state index in [-0.39, 0.29) is 0 Å². The molecule has 78 valence electrons. The molecule has 0 aliphatic heterocycles. The molecule has 0 bridgehead atoms. The third-order valence-electron chi connectivity index (χ3n) is 3.48. The first-order chi connectivity index (χ1) is 7.33. The molecule has 3 rings (SSSR count). The molecule has 1 saturated carbocycles. The molecule has 1 heterocycles. The van der Waals surface area contributed by atoms with Crippen LogP contribution in [0, 0.1) is 5.92 Å². The van der Waals surface area contributed by atoms with Crippen LogP contribution in [-0.4, -0.2) is 4.57 Å². The van der Waals surface area contributed by atoms with Gasteiger partial charge < -0.3 is 10.3 Å². The number of benzene rings is 1. The average Bonchev–Trinajstić information content (AvgIpc) is 2.54. The molecule has 2 nitrogen and oxygen atoms in total. The van der Waals surface area contributed by atoms with Crippen LogP contribution in [0.4, 0.5) is 5.69 Å².